The summed E-state index contributed by atoms with van der Waals surface area (Å²) in [5, 5.41) is 8.89. The van der Waals surface area contributed by atoms with E-state index in [0.717, 1.165) is 19.4 Å². The molecule has 4 heteroatoms. The zero-order chi connectivity index (χ0) is 11.9. The largest absolute Gasteiger partial charge is 0.396 e. The molecule has 1 aromatic rings. The summed E-state index contributed by atoms with van der Waals surface area (Å²) in [7, 11) is 0. The number of nitrogens with zero attached hydrogens (tertiary/aromatic N) is 3. The molecule has 1 saturated heterocycles. The van der Waals surface area contributed by atoms with Crippen molar-refractivity contribution in [1.82, 2.24) is 14.5 Å². The van der Waals surface area contributed by atoms with Crippen LogP contribution in [0, 0.1) is 0 Å². The third-order valence-corrected chi connectivity index (χ3v) is 3.62. The number of aryl methyl sites for hydroxylation is 1. The lowest BCUT2D eigenvalue weighted by molar-refractivity contribution is 0.212. The molecule has 0 aliphatic carbocycles. The van der Waals surface area contributed by atoms with Crippen LogP contribution < -0.4 is 0 Å². The standard InChI is InChI=1S/C13H23N3O/c17-11-2-5-13-4-1-8-16(13)9-3-7-15-10-6-14-12-15/h6,10,12-13,17H,1-5,7-9,11H2. The topological polar surface area (TPSA) is 41.3 Å². The van der Waals surface area contributed by atoms with E-state index in [1.165, 1.54) is 32.4 Å². The van der Waals surface area contributed by atoms with Gasteiger partial charge in [0.1, 0.15) is 0 Å². The van der Waals surface area contributed by atoms with Gasteiger partial charge in [0.2, 0.25) is 0 Å². The van der Waals surface area contributed by atoms with Gasteiger partial charge in [-0.2, -0.15) is 0 Å². The molecular formula is C13H23N3O. The maximum absolute atomic E-state index is 8.89. The second kappa shape index (κ2) is 6.77. The molecule has 0 amide bonds. The van der Waals surface area contributed by atoms with E-state index in [9.17, 15) is 0 Å². The maximum atomic E-state index is 8.89. The van der Waals surface area contributed by atoms with Crippen LogP contribution in [0.1, 0.15) is 32.1 Å². The van der Waals surface area contributed by atoms with Crippen LogP contribution >= 0.6 is 0 Å². The van der Waals surface area contributed by atoms with Crippen molar-refractivity contribution in [2.75, 3.05) is 19.7 Å². The molecule has 2 rings (SSSR count). The molecule has 1 aliphatic rings. The Bertz CT molecular complexity index is 300. The summed E-state index contributed by atoms with van der Waals surface area (Å²) in [4.78, 5) is 6.64. The van der Waals surface area contributed by atoms with Gasteiger partial charge in [0, 0.05) is 38.1 Å². The summed E-state index contributed by atoms with van der Waals surface area (Å²) in [6.45, 7) is 3.80. The van der Waals surface area contributed by atoms with Gasteiger partial charge in [-0.3, -0.25) is 0 Å². The van der Waals surface area contributed by atoms with Crippen molar-refractivity contribution in [2.45, 2.75) is 44.7 Å². The maximum Gasteiger partial charge on any atom is 0.0945 e. The molecule has 0 bridgehead atoms. The number of likely N-dealkylation sites (tertiary alicyclic amines) is 1. The number of aromatic nitrogens is 2. The predicted octanol–water partition coefficient (Wildman–Crippen LogP) is 1.51. The van der Waals surface area contributed by atoms with Crippen molar-refractivity contribution in [3.05, 3.63) is 18.7 Å². The summed E-state index contributed by atoms with van der Waals surface area (Å²) in [5.74, 6) is 0. The number of hydrogen-bond acceptors (Lipinski definition) is 3. The Morgan fingerprint density at radius 2 is 2.24 bits per heavy atom. The molecule has 1 aliphatic heterocycles. The van der Waals surface area contributed by atoms with E-state index >= 15 is 0 Å². The van der Waals surface area contributed by atoms with Gasteiger partial charge in [0.05, 0.1) is 6.33 Å². The minimum atomic E-state index is 0.333. The van der Waals surface area contributed by atoms with Gasteiger partial charge in [0.15, 0.2) is 0 Å². The fourth-order valence-electron chi connectivity index (χ4n) is 2.72. The van der Waals surface area contributed by atoms with Crippen molar-refractivity contribution < 1.29 is 5.11 Å². The summed E-state index contributed by atoms with van der Waals surface area (Å²) >= 11 is 0. The SMILES string of the molecule is OCCCC1CCCN1CCCn1ccnc1. The van der Waals surface area contributed by atoms with E-state index < -0.39 is 0 Å². The molecule has 2 heterocycles. The summed E-state index contributed by atoms with van der Waals surface area (Å²) in [6, 6.07) is 0.713. The lowest BCUT2D eigenvalue weighted by Gasteiger charge is -2.24. The summed E-state index contributed by atoms with van der Waals surface area (Å²) in [6.07, 6.45) is 11.7. The molecule has 1 fully saturated rings. The third kappa shape index (κ3) is 3.82. The fourth-order valence-corrected chi connectivity index (χ4v) is 2.72. The molecular weight excluding hydrogens is 214 g/mol. The predicted molar refractivity (Wildman–Crippen MR) is 67.8 cm³/mol. The first-order valence-corrected chi connectivity index (χ1v) is 6.71. The van der Waals surface area contributed by atoms with Crippen molar-refractivity contribution >= 4 is 0 Å². The van der Waals surface area contributed by atoms with Crippen molar-refractivity contribution in [3.8, 4) is 0 Å². The molecule has 4 nitrogen and oxygen atoms in total. The molecule has 0 radical (unpaired) electrons. The zero-order valence-electron chi connectivity index (χ0n) is 10.5. The third-order valence-electron chi connectivity index (χ3n) is 3.62. The van der Waals surface area contributed by atoms with Gasteiger partial charge >= 0.3 is 0 Å². The highest BCUT2D eigenvalue weighted by atomic mass is 16.2. The minimum absolute atomic E-state index is 0.333. The zero-order valence-corrected chi connectivity index (χ0v) is 10.5. The van der Waals surface area contributed by atoms with Crippen LogP contribution in [0.15, 0.2) is 18.7 Å². The highest BCUT2D eigenvalue weighted by molar-refractivity contribution is 4.79. The van der Waals surface area contributed by atoms with Gasteiger partial charge in [-0.25, -0.2) is 4.98 Å². The molecule has 1 unspecified atom stereocenters. The Morgan fingerprint density at radius 3 is 3.00 bits per heavy atom. The summed E-state index contributed by atoms with van der Waals surface area (Å²) < 4.78 is 2.14. The van der Waals surface area contributed by atoms with Gasteiger partial charge in [-0.15, -0.1) is 0 Å². The van der Waals surface area contributed by atoms with Crippen LogP contribution in [0.5, 0.6) is 0 Å². The van der Waals surface area contributed by atoms with Gasteiger partial charge in [-0.1, -0.05) is 0 Å². The minimum Gasteiger partial charge on any atom is -0.396 e. The number of aliphatic hydroxyl groups is 1. The van der Waals surface area contributed by atoms with Crippen LogP contribution in [0.3, 0.4) is 0 Å². The summed E-state index contributed by atoms with van der Waals surface area (Å²) in [5.41, 5.74) is 0. The van der Waals surface area contributed by atoms with Crippen molar-refractivity contribution in [2.24, 2.45) is 0 Å². The van der Waals surface area contributed by atoms with E-state index in [1.54, 1.807) is 0 Å². The fraction of sp³-hybridized carbons (Fsp3) is 0.769. The highest BCUT2D eigenvalue weighted by Gasteiger charge is 2.22. The van der Waals surface area contributed by atoms with E-state index in [4.69, 9.17) is 5.11 Å². The quantitative estimate of drug-likeness (QED) is 0.781. The molecule has 96 valence electrons. The van der Waals surface area contributed by atoms with Gasteiger partial charge in [0.25, 0.3) is 0 Å². The first-order chi connectivity index (χ1) is 8.40. The first kappa shape index (κ1) is 12.6. The molecule has 0 aromatic carbocycles. The monoisotopic (exact) mass is 237 g/mol. The van der Waals surface area contributed by atoms with Gasteiger partial charge < -0.3 is 14.6 Å². The van der Waals surface area contributed by atoms with Crippen LogP contribution in [-0.2, 0) is 6.54 Å². The smallest absolute Gasteiger partial charge is 0.0945 e. The molecule has 17 heavy (non-hydrogen) atoms. The Kier molecular flexibility index (Phi) is 5.01. The second-order valence-electron chi connectivity index (χ2n) is 4.85. The van der Waals surface area contributed by atoms with Crippen LogP contribution in [0.2, 0.25) is 0 Å². The molecule has 0 spiro atoms. The average molecular weight is 237 g/mol. The van der Waals surface area contributed by atoms with E-state index in [-0.39, 0.29) is 0 Å². The van der Waals surface area contributed by atoms with Crippen LogP contribution in [0.25, 0.3) is 0 Å². The van der Waals surface area contributed by atoms with E-state index in [0.29, 0.717) is 12.6 Å². The van der Waals surface area contributed by atoms with E-state index in [2.05, 4.69) is 14.5 Å². The number of rotatable bonds is 7. The molecule has 0 saturated carbocycles. The molecule has 1 atom stereocenters. The Labute approximate surface area is 103 Å². The second-order valence-corrected chi connectivity index (χ2v) is 4.85. The van der Waals surface area contributed by atoms with Crippen molar-refractivity contribution in [3.63, 3.8) is 0 Å². The lowest BCUT2D eigenvalue weighted by atomic mass is 10.1. The van der Waals surface area contributed by atoms with Crippen LogP contribution in [-0.4, -0.2) is 45.3 Å². The average Bonchev–Trinajstić information content (AvgIpc) is 2.98. The van der Waals surface area contributed by atoms with Crippen molar-refractivity contribution in [1.29, 1.82) is 0 Å². The van der Waals surface area contributed by atoms with Gasteiger partial charge in [-0.05, 0) is 38.6 Å². The number of imidazole rings is 1. The normalized spacial score (nSPS) is 21.1. The van der Waals surface area contributed by atoms with E-state index in [1.807, 2.05) is 18.7 Å². The Hall–Kier alpha value is -0.870. The lowest BCUT2D eigenvalue weighted by Crippen LogP contribution is -2.31. The molecule has 1 aromatic heterocycles. The number of aliphatic hydroxyl groups excluding tert-OH is 1. The first-order valence-electron chi connectivity index (χ1n) is 6.71. The van der Waals surface area contributed by atoms with Crippen LogP contribution in [0.4, 0.5) is 0 Å². The number of hydrogen-bond donors (Lipinski definition) is 1. The molecule has 1 N–H and O–H groups in total. The Morgan fingerprint density at radius 1 is 1.29 bits per heavy atom. The highest BCUT2D eigenvalue weighted by Crippen LogP contribution is 2.21. The Balaban J connectivity index is 1.67.